The second-order valence-corrected chi connectivity index (χ2v) is 6.02. The van der Waals surface area contributed by atoms with E-state index in [-0.39, 0.29) is 18.5 Å². The maximum Gasteiger partial charge on any atom is 0.245 e. The van der Waals surface area contributed by atoms with E-state index in [0.29, 0.717) is 24.6 Å². The molecular weight excluding hydrogens is 314 g/mol. The van der Waals surface area contributed by atoms with Crippen molar-refractivity contribution in [3.05, 3.63) is 52.6 Å². The number of amides is 1. The Balaban J connectivity index is 1.55. The van der Waals surface area contributed by atoms with Gasteiger partial charge in [0, 0.05) is 17.3 Å². The van der Waals surface area contributed by atoms with E-state index in [9.17, 15) is 4.79 Å². The third-order valence-electron chi connectivity index (χ3n) is 3.37. The summed E-state index contributed by atoms with van der Waals surface area (Å²) in [7, 11) is 0. The molecule has 0 bridgehead atoms. The van der Waals surface area contributed by atoms with Crippen molar-refractivity contribution in [3.8, 4) is 0 Å². The molecule has 0 aliphatic rings. The molecule has 0 aromatic carbocycles. The van der Waals surface area contributed by atoms with Gasteiger partial charge in [-0.25, -0.2) is 0 Å². The molecule has 120 valence electrons. The second kappa shape index (κ2) is 7.19. The molecule has 0 saturated heterocycles. The molecule has 0 spiro atoms. The highest BCUT2D eigenvalue weighted by atomic mass is 32.1. The first-order valence-electron chi connectivity index (χ1n) is 7.37. The monoisotopic (exact) mass is 331 g/mol. The van der Waals surface area contributed by atoms with E-state index in [1.807, 2.05) is 24.4 Å². The van der Waals surface area contributed by atoms with Gasteiger partial charge in [-0.1, -0.05) is 18.1 Å². The number of carbonyl (C=O) groups is 1. The highest BCUT2D eigenvalue weighted by Gasteiger charge is 2.19. The van der Waals surface area contributed by atoms with Crippen molar-refractivity contribution in [2.24, 2.45) is 0 Å². The Bertz CT molecular complexity index is 736. The molecule has 3 aromatic heterocycles. The number of carbonyl (C=O) groups excluding carboxylic acids is 1. The Kier molecular flexibility index (Phi) is 4.82. The van der Waals surface area contributed by atoms with E-state index < -0.39 is 0 Å². The van der Waals surface area contributed by atoms with Crippen LogP contribution in [-0.4, -0.2) is 25.8 Å². The molecular formula is C15H17N5O2S. The van der Waals surface area contributed by atoms with Gasteiger partial charge in [-0.05, 0) is 23.9 Å². The number of nitrogens with zero attached hydrogens (tertiary/aromatic N) is 4. The molecule has 0 unspecified atom stereocenters. The Morgan fingerprint density at radius 2 is 2.39 bits per heavy atom. The fraction of sp³-hybridized carbons (Fsp3) is 0.333. The molecule has 1 atom stereocenters. The molecule has 3 heterocycles. The summed E-state index contributed by atoms with van der Waals surface area (Å²) in [4.78, 5) is 17.7. The van der Waals surface area contributed by atoms with E-state index in [1.165, 1.54) is 0 Å². The van der Waals surface area contributed by atoms with Crippen LogP contribution >= 0.6 is 11.3 Å². The predicted octanol–water partition coefficient (Wildman–Crippen LogP) is 2.19. The standard InChI is InChI=1S/C15H17N5O2S/c1-2-12(20-7-4-6-17-20)15(21)16-10-13-18-14(22-19-13)9-11-5-3-8-23-11/h3-8,12H,2,9-10H2,1H3,(H,16,21)/t12-/m0/s1. The number of hydrogen-bond acceptors (Lipinski definition) is 6. The summed E-state index contributed by atoms with van der Waals surface area (Å²) >= 11 is 1.64. The quantitative estimate of drug-likeness (QED) is 0.717. The summed E-state index contributed by atoms with van der Waals surface area (Å²) in [5.41, 5.74) is 0. The van der Waals surface area contributed by atoms with Crippen LogP contribution in [0.5, 0.6) is 0 Å². The van der Waals surface area contributed by atoms with E-state index in [0.717, 1.165) is 4.88 Å². The number of hydrogen-bond donors (Lipinski definition) is 1. The van der Waals surface area contributed by atoms with Crippen molar-refractivity contribution in [3.63, 3.8) is 0 Å². The summed E-state index contributed by atoms with van der Waals surface area (Å²) in [5, 5.41) is 12.8. The fourth-order valence-electron chi connectivity index (χ4n) is 2.24. The Morgan fingerprint density at radius 3 is 3.09 bits per heavy atom. The topological polar surface area (TPSA) is 85.8 Å². The van der Waals surface area contributed by atoms with E-state index in [4.69, 9.17) is 4.52 Å². The van der Waals surface area contributed by atoms with Crippen LogP contribution in [0.2, 0.25) is 0 Å². The third-order valence-corrected chi connectivity index (χ3v) is 4.25. The molecule has 23 heavy (non-hydrogen) atoms. The molecule has 0 radical (unpaired) electrons. The molecule has 7 nitrogen and oxygen atoms in total. The molecule has 0 aliphatic carbocycles. The maximum absolute atomic E-state index is 12.3. The first kappa shape index (κ1) is 15.4. The lowest BCUT2D eigenvalue weighted by Crippen LogP contribution is -2.32. The summed E-state index contributed by atoms with van der Waals surface area (Å²) in [6, 6.07) is 5.47. The SMILES string of the molecule is CC[C@@H](C(=O)NCc1noc(Cc2cccs2)n1)n1cccn1. The normalized spacial score (nSPS) is 12.2. The van der Waals surface area contributed by atoms with Crippen LogP contribution in [0.3, 0.4) is 0 Å². The molecule has 1 amide bonds. The zero-order valence-corrected chi connectivity index (χ0v) is 13.5. The third kappa shape index (κ3) is 3.84. The lowest BCUT2D eigenvalue weighted by Gasteiger charge is -2.14. The second-order valence-electron chi connectivity index (χ2n) is 4.99. The Hall–Kier alpha value is -2.48. The largest absolute Gasteiger partial charge is 0.347 e. The van der Waals surface area contributed by atoms with Crippen molar-refractivity contribution in [2.45, 2.75) is 32.4 Å². The van der Waals surface area contributed by atoms with E-state index in [2.05, 4.69) is 20.6 Å². The zero-order chi connectivity index (χ0) is 16.1. The average molecular weight is 331 g/mol. The van der Waals surface area contributed by atoms with Gasteiger partial charge in [0.05, 0.1) is 13.0 Å². The van der Waals surface area contributed by atoms with Crippen LogP contribution in [0.1, 0.15) is 36.0 Å². The Morgan fingerprint density at radius 1 is 1.48 bits per heavy atom. The molecule has 8 heteroatoms. The number of rotatable bonds is 7. The van der Waals surface area contributed by atoms with Gasteiger partial charge in [0.15, 0.2) is 5.82 Å². The minimum atomic E-state index is -0.331. The van der Waals surface area contributed by atoms with Gasteiger partial charge in [0.1, 0.15) is 6.04 Å². The fourth-order valence-corrected chi connectivity index (χ4v) is 2.93. The van der Waals surface area contributed by atoms with Crippen LogP contribution in [-0.2, 0) is 17.8 Å². The molecule has 3 aromatic rings. The lowest BCUT2D eigenvalue weighted by atomic mass is 10.2. The smallest absolute Gasteiger partial charge is 0.245 e. The highest BCUT2D eigenvalue weighted by molar-refractivity contribution is 7.09. The average Bonchev–Trinajstić information content (AvgIpc) is 3.29. The summed E-state index contributed by atoms with van der Waals surface area (Å²) < 4.78 is 6.85. The van der Waals surface area contributed by atoms with Gasteiger partial charge in [0.2, 0.25) is 11.8 Å². The first-order valence-corrected chi connectivity index (χ1v) is 8.25. The molecule has 0 saturated carbocycles. The summed E-state index contributed by atoms with van der Waals surface area (Å²) in [6.45, 7) is 2.18. The van der Waals surface area contributed by atoms with Crippen LogP contribution in [0.15, 0.2) is 40.5 Å². The summed E-state index contributed by atoms with van der Waals surface area (Å²) in [6.07, 6.45) is 4.71. The van der Waals surface area contributed by atoms with Gasteiger partial charge in [-0.2, -0.15) is 10.1 Å². The maximum atomic E-state index is 12.3. The van der Waals surface area contributed by atoms with Crippen molar-refractivity contribution < 1.29 is 9.32 Å². The van der Waals surface area contributed by atoms with Gasteiger partial charge < -0.3 is 9.84 Å². The number of nitrogens with one attached hydrogen (secondary N) is 1. The van der Waals surface area contributed by atoms with Gasteiger partial charge in [-0.3, -0.25) is 9.48 Å². The van der Waals surface area contributed by atoms with Crippen LogP contribution in [0, 0.1) is 0 Å². The van der Waals surface area contributed by atoms with Crippen molar-refractivity contribution in [1.82, 2.24) is 25.2 Å². The van der Waals surface area contributed by atoms with Gasteiger partial charge in [-0.15, -0.1) is 11.3 Å². The molecule has 0 aliphatic heterocycles. The van der Waals surface area contributed by atoms with Gasteiger partial charge >= 0.3 is 0 Å². The minimum Gasteiger partial charge on any atom is -0.347 e. The number of thiophene rings is 1. The summed E-state index contributed by atoms with van der Waals surface area (Å²) in [5.74, 6) is 0.914. The molecule has 3 rings (SSSR count). The van der Waals surface area contributed by atoms with E-state index in [1.54, 1.807) is 34.5 Å². The molecule has 1 N–H and O–H groups in total. The zero-order valence-electron chi connectivity index (χ0n) is 12.7. The number of aromatic nitrogens is 4. The van der Waals surface area contributed by atoms with Crippen molar-refractivity contribution in [2.75, 3.05) is 0 Å². The van der Waals surface area contributed by atoms with Crippen LogP contribution < -0.4 is 5.32 Å². The van der Waals surface area contributed by atoms with E-state index >= 15 is 0 Å². The van der Waals surface area contributed by atoms with Gasteiger partial charge in [0.25, 0.3) is 0 Å². The Labute approximate surface area is 137 Å². The molecule has 0 fully saturated rings. The van der Waals surface area contributed by atoms with Crippen molar-refractivity contribution >= 4 is 17.2 Å². The first-order chi connectivity index (χ1) is 11.3. The van der Waals surface area contributed by atoms with Crippen LogP contribution in [0.4, 0.5) is 0 Å². The van der Waals surface area contributed by atoms with Crippen LogP contribution in [0.25, 0.3) is 0 Å². The van der Waals surface area contributed by atoms with Crippen molar-refractivity contribution in [1.29, 1.82) is 0 Å². The minimum absolute atomic E-state index is 0.110. The lowest BCUT2D eigenvalue weighted by molar-refractivity contribution is -0.124. The predicted molar refractivity (Wildman–Crippen MR) is 84.8 cm³/mol. The highest BCUT2D eigenvalue weighted by Crippen LogP contribution is 2.14.